The minimum absolute atomic E-state index is 0.912. The molecule has 0 aliphatic carbocycles. The Morgan fingerprint density at radius 2 is 1.50 bits per heavy atom. The van der Waals surface area contributed by atoms with E-state index in [9.17, 15) is 0 Å². The molecule has 0 saturated heterocycles. The molecule has 2 nitrogen and oxygen atoms in total. The number of anilines is 1. The van der Waals surface area contributed by atoms with E-state index in [2.05, 4.69) is 40.7 Å². The first-order chi connectivity index (χ1) is 10.7. The van der Waals surface area contributed by atoms with Gasteiger partial charge in [-0.05, 0) is 49.7 Å². The number of nitrogen functional groups attached to an aromatic ring is 1. The zero-order chi connectivity index (χ0) is 16.2. The molecule has 0 bridgehead atoms. The molecule has 0 aliphatic rings. The highest BCUT2D eigenvalue weighted by atomic mass is 79.9. The Bertz CT molecular complexity index is 394. The number of nitrogens with zero attached hydrogens (tertiary/aromatic N) is 1. The van der Waals surface area contributed by atoms with Crippen LogP contribution in [0.3, 0.4) is 0 Å². The summed E-state index contributed by atoms with van der Waals surface area (Å²) in [5, 5.41) is 0. The van der Waals surface area contributed by atoms with Crippen LogP contribution in [0.5, 0.6) is 0 Å². The first-order valence-electron chi connectivity index (χ1n) is 8.93. The van der Waals surface area contributed by atoms with E-state index in [1.807, 2.05) is 12.1 Å². The van der Waals surface area contributed by atoms with Crippen LogP contribution in [0.15, 0.2) is 22.7 Å². The predicted molar refractivity (Wildman–Crippen MR) is 102 cm³/mol. The second-order valence-electron chi connectivity index (χ2n) is 6.24. The normalized spacial score (nSPS) is 11.3. The molecule has 0 unspecified atom stereocenters. The smallest absolute Gasteiger partial charge is 0.0360 e. The van der Waals surface area contributed by atoms with Gasteiger partial charge in [-0.1, -0.05) is 68.3 Å². The van der Waals surface area contributed by atoms with Crippen molar-refractivity contribution in [1.82, 2.24) is 4.90 Å². The van der Waals surface area contributed by atoms with Crippen molar-refractivity contribution in [3.05, 3.63) is 28.2 Å². The molecular formula is C19H33BrN2. The van der Waals surface area contributed by atoms with Crippen LogP contribution >= 0.6 is 15.9 Å². The highest BCUT2D eigenvalue weighted by Gasteiger charge is 2.08. The van der Waals surface area contributed by atoms with Gasteiger partial charge in [0.05, 0.1) is 0 Å². The van der Waals surface area contributed by atoms with E-state index >= 15 is 0 Å². The first kappa shape index (κ1) is 19.5. The van der Waals surface area contributed by atoms with Gasteiger partial charge in [0.1, 0.15) is 0 Å². The molecule has 0 heterocycles. The van der Waals surface area contributed by atoms with Gasteiger partial charge in [-0.15, -0.1) is 0 Å². The summed E-state index contributed by atoms with van der Waals surface area (Å²) < 4.78 is 1.12. The SMILES string of the molecule is CCCCCCN(CCCCCC)Cc1cc(Br)ccc1N. The Balaban J connectivity index is 2.53. The third-order valence-electron chi connectivity index (χ3n) is 4.15. The lowest BCUT2D eigenvalue weighted by molar-refractivity contribution is 0.253. The number of nitrogens with two attached hydrogens (primary N) is 1. The molecule has 22 heavy (non-hydrogen) atoms. The third kappa shape index (κ3) is 8.19. The number of rotatable bonds is 12. The van der Waals surface area contributed by atoms with Crippen LogP contribution in [0.25, 0.3) is 0 Å². The lowest BCUT2D eigenvalue weighted by atomic mass is 10.1. The molecule has 0 fully saturated rings. The van der Waals surface area contributed by atoms with E-state index in [1.54, 1.807) is 0 Å². The van der Waals surface area contributed by atoms with Crippen molar-refractivity contribution in [2.75, 3.05) is 18.8 Å². The molecule has 0 spiro atoms. The summed E-state index contributed by atoms with van der Waals surface area (Å²) in [5.74, 6) is 0. The van der Waals surface area contributed by atoms with Crippen molar-refractivity contribution < 1.29 is 0 Å². The van der Waals surface area contributed by atoms with E-state index in [0.29, 0.717) is 0 Å². The van der Waals surface area contributed by atoms with Crippen LogP contribution in [0.2, 0.25) is 0 Å². The summed E-state index contributed by atoms with van der Waals surface area (Å²) in [6.45, 7) is 7.90. The highest BCUT2D eigenvalue weighted by Crippen LogP contribution is 2.20. The maximum atomic E-state index is 6.14. The van der Waals surface area contributed by atoms with Gasteiger partial charge in [-0.2, -0.15) is 0 Å². The highest BCUT2D eigenvalue weighted by molar-refractivity contribution is 9.10. The summed E-state index contributed by atoms with van der Waals surface area (Å²) >= 11 is 3.56. The maximum Gasteiger partial charge on any atom is 0.0360 e. The number of benzene rings is 1. The molecule has 126 valence electrons. The lowest BCUT2D eigenvalue weighted by Gasteiger charge is -2.23. The molecule has 1 aromatic carbocycles. The van der Waals surface area contributed by atoms with Gasteiger partial charge >= 0.3 is 0 Å². The Morgan fingerprint density at radius 1 is 0.909 bits per heavy atom. The van der Waals surface area contributed by atoms with Gasteiger partial charge in [-0.25, -0.2) is 0 Å². The Hall–Kier alpha value is -0.540. The number of hydrogen-bond acceptors (Lipinski definition) is 2. The van der Waals surface area contributed by atoms with Crippen molar-refractivity contribution in [3.63, 3.8) is 0 Å². The Labute approximate surface area is 145 Å². The average Bonchev–Trinajstić information content (AvgIpc) is 2.51. The zero-order valence-corrected chi connectivity index (χ0v) is 16.0. The minimum Gasteiger partial charge on any atom is -0.398 e. The van der Waals surface area contributed by atoms with E-state index in [-0.39, 0.29) is 0 Å². The molecule has 0 atom stereocenters. The second-order valence-corrected chi connectivity index (χ2v) is 7.16. The van der Waals surface area contributed by atoms with Gasteiger partial charge in [0.2, 0.25) is 0 Å². The molecular weight excluding hydrogens is 336 g/mol. The molecule has 0 radical (unpaired) electrons. The molecule has 0 aliphatic heterocycles. The van der Waals surface area contributed by atoms with Gasteiger partial charge < -0.3 is 5.73 Å². The number of hydrogen-bond donors (Lipinski definition) is 1. The van der Waals surface area contributed by atoms with Crippen molar-refractivity contribution in [3.8, 4) is 0 Å². The van der Waals surface area contributed by atoms with E-state index in [0.717, 1.165) is 16.7 Å². The molecule has 1 rings (SSSR count). The minimum atomic E-state index is 0.912. The van der Waals surface area contributed by atoms with E-state index in [1.165, 1.54) is 70.0 Å². The quantitative estimate of drug-likeness (QED) is 0.362. The van der Waals surface area contributed by atoms with E-state index in [4.69, 9.17) is 5.73 Å². The first-order valence-corrected chi connectivity index (χ1v) is 9.73. The maximum absolute atomic E-state index is 6.14. The summed E-state index contributed by atoms with van der Waals surface area (Å²) in [5.41, 5.74) is 8.31. The van der Waals surface area contributed by atoms with Gasteiger partial charge in [-0.3, -0.25) is 4.90 Å². The van der Waals surface area contributed by atoms with E-state index < -0.39 is 0 Å². The summed E-state index contributed by atoms with van der Waals surface area (Å²) in [6.07, 6.45) is 10.6. The fourth-order valence-corrected chi connectivity index (χ4v) is 3.15. The summed E-state index contributed by atoms with van der Waals surface area (Å²) in [6, 6.07) is 6.19. The van der Waals surface area contributed by atoms with Crippen LogP contribution in [-0.4, -0.2) is 18.0 Å². The summed E-state index contributed by atoms with van der Waals surface area (Å²) in [7, 11) is 0. The fourth-order valence-electron chi connectivity index (χ4n) is 2.75. The predicted octanol–water partition coefficient (Wildman–Crippen LogP) is 5.99. The molecule has 0 amide bonds. The molecule has 0 aromatic heterocycles. The lowest BCUT2D eigenvalue weighted by Crippen LogP contribution is -2.26. The topological polar surface area (TPSA) is 29.3 Å². The largest absolute Gasteiger partial charge is 0.398 e. The van der Waals surface area contributed by atoms with Crippen LogP contribution in [0.1, 0.15) is 70.8 Å². The van der Waals surface area contributed by atoms with Crippen LogP contribution in [0, 0.1) is 0 Å². The molecule has 1 aromatic rings. The third-order valence-corrected chi connectivity index (χ3v) is 4.65. The zero-order valence-electron chi connectivity index (χ0n) is 14.4. The second kappa shape index (κ2) is 12.0. The Kier molecular flexibility index (Phi) is 10.6. The standard InChI is InChI=1S/C19H33BrN2/c1-3-5-7-9-13-22(14-10-8-6-4-2)16-17-15-18(20)11-12-19(17)21/h11-12,15H,3-10,13-14,16,21H2,1-2H3. The molecule has 0 saturated carbocycles. The van der Waals surface area contributed by atoms with Crippen LogP contribution in [-0.2, 0) is 6.54 Å². The van der Waals surface area contributed by atoms with Crippen molar-refractivity contribution in [2.24, 2.45) is 0 Å². The van der Waals surface area contributed by atoms with Crippen molar-refractivity contribution in [2.45, 2.75) is 71.8 Å². The molecule has 2 N–H and O–H groups in total. The number of unbranched alkanes of at least 4 members (excludes halogenated alkanes) is 6. The van der Waals surface area contributed by atoms with Gasteiger partial charge in [0.15, 0.2) is 0 Å². The Morgan fingerprint density at radius 3 is 2.05 bits per heavy atom. The summed E-state index contributed by atoms with van der Waals surface area (Å²) in [4.78, 5) is 2.59. The fraction of sp³-hybridized carbons (Fsp3) is 0.684. The van der Waals surface area contributed by atoms with Crippen molar-refractivity contribution >= 4 is 21.6 Å². The monoisotopic (exact) mass is 368 g/mol. The van der Waals surface area contributed by atoms with Crippen LogP contribution in [0.4, 0.5) is 5.69 Å². The van der Waals surface area contributed by atoms with Gasteiger partial charge in [0, 0.05) is 16.7 Å². The molecule has 3 heteroatoms. The average molecular weight is 369 g/mol. The van der Waals surface area contributed by atoms with Crippen LogP contribution < -0.4 is 5.73 Å². The van der Waals surface area contributed by atoms with Gasteiger partial charge in [0.25, 0.3) is 0 Å². The number of halogens is 1. The van der Waals surface area contributed by atoms with Crippen molar-refractivity contribution in [1.29, 1.82) is 0 Å².